The van der Waals surface area contributed by atoms with Gasteiger partial charge < -0.3 is 9.90 Å². The smallest absolute Gasteiger partial charge is 0.262 e. The van der Waals surface area contributed by atoms with Gasteiger partial charge in [-0.3, -0.25) is 14.5 Å². The number of hydrogen-bond acceptors (Lipinski definition) is 4. The second kappa shape index (κ2) is 5.25. The van der Waals surface area contributed by atoms with Crippen LogP contribution in [0.2, 0.25) is 5.02 Å². The van der Waals surface area contributed by atoms with Crippen LogP contribution in [0.25, 0.3) is 0 Å². The zero-order chi connectivity index (χ0) is 15.0. The molecular weight excluding hydrogens is 282 g/mol. The van der Waals surface area contributed by atoms with E-state index in [1.807, 2.05) is 13.8 Å². The molecule has 0 radical (unpaired) electrons. The molecule has 1 aromatic rings. The Morgan fingerprint density at radius 2 is 1.85 bits per heavy atom. The SMILES string of the molecule is CC(C)C[C@@H](C(=O)[O-])N1C(=O)c2ccc(Cl)cc2C1=O. The van der Waals surface area contributed by atoms with Crippen LogP contribution in [0.3, 0.4) is 0 Å². The number of benzene rings is 1. The second-order valence-electron chi connectivity index (χ2n) is 5.13. The summed E-state index contributed by atoms with van der Waals surface area (Å²) in [5.74, 6) is -2.68. The van der Waals surface area contributed by atoms with Crippen molar-refractivity contribution in [3.63, 3.8) is 0 Å². The zero-order valence-electron chi connectivity index (χ0n) is 11.1. The number of carbonyl (C=O) groups excluding carboxylic acids is 3. The molecule has 0 saturated carbocycles. The molecule has 5 nitrogen and oxygen atoms in total. The van der Waals surface area contributed by atoms with Crippen molar-refractivity contribution in [1.82, 2.24) is 4.90 Å². The van der Waals surface area contributed by atoms with Crippen LogP contribution in [0.5, 0.6) is 0 Å². The molecule has 0 saturated heterocycles. The van der Waals surface area contributed by atoms with E-state index in [0.29, 0.717) is 5.02 Å². The predicted octanol–water partition coefficient (Wildman–Crippen LogP) is 1.10. The standard InChI is InChI=1S/C14H14ClNO4/c1-7(2)5-11(14(19)20)16-12(17)9-4-3-8(15)6-10(9)13(16)18/h3-4,6-7,11H,5H2,1-2H3,(H,19,20)/p-1/t11-/m0/s1. The largest absolute Gasteiger partial charge is 0.548 e. The lowest BCUT2D eigenvalue weighted by molar-refractivity contribution is -0.310. The average molecular weight is 295 g/mol. The molecule has 106 valence electrons. The number of rotatable bonds is 4. The summed E-state index contributed by atoms with van der Waals surface area (Å²) < 4.78 is 0. The van der Waals surface area contributed by atoms with E-state index in [2.05, 4.69) is 0 Å². The van der Waals surface area contributed by atoms with Crippen molar-refractivity contribution in [2.75, 3.05) is 0 Å². The molecule has 1 aliphatic heterocycles. The van der Waals surface area contributed by atoms with Gasteiger partial charge in [0.15, 0.2) is 0 Å². The first-order valence-corrected chi connectivity index (χ1v) is 6.59. The summed E-state index contributed by atoms with van der Waals surface area (Å²) in [5.41, 5.74) is 0.312. The van der Waals surface area contributed by atoms with Crippen molar-refractivity contribution < 1.29 is 19.5 Å². The fourth-order valence-corrected chi connectivity index (χ4v) is 2.44. The van der Waals surface area contributed by atoms with E-state index in [4.69, 9.17) is 11.6 Å². The number of carboxylic acid groups (broad SMARTS) is 1. The van der Waals surface area contributed by atoms with Crippen LogP contribution in [-0.2, 0) is 4.79 Å². The van der Waals surface area contributed by atoms with Crippen LogP contribution < -0.4 is 5.11 Å². The molecule has 2 amide bonds. The molecule has 2 rings (SSSR count). The molecule has 0 bridgehead atoms. The fraction of sp³-hybridized carbons (Fsp3) is 0.357. The van der Waals surface area contributed by atoms with E-state index in [0.717, 1.165) is 4.90 Å². The highest BCUT2D eigenvalue weighted by Gasteiger charge is 2.40. The van der Waals surface area contributed by atoms with Gasteiger partial charge in [0.1, 0.15) is 0 Å². The summed E-state index contributed by atoms with van der Waals surface area (Å²) in [4.78, 5) is 36.5. The molecule has 0 aromatic heterocycles. The lowest BCUT2D eigenvalue weighted by atomic mass is 10.0. The number of halogens is 1. The van der Waals surface area contributed by atoms with Gasteiger partial charge >= 0.3 is 0 Å². The number of amides is 2. The molecule has 0 spiro atoms. The van der Waals surface area contributed by atoms with E-state index in [-0.39, 0.29) is 23.5 Å². The monoisotopic (exact) mass is 294 g/mol. The van der Waals surface area contributed by atoms with Gasteiger partial charge in [-0.25, -0.2) is 0 Å². The van der Waals surface area contributed by atoms with Gasteiger partial charge in [-0.15, -0.1) is 0 Å². The van der Waals surface area contributed by atoms with Crippen LogP contribution in [0, 0.1) is 5.92 Å². The summed E-state index contributed by atoms with van der Waals surface area (Å²) in [6.07, 6.45) is 0.154. The van der Waals surface area contributed by atoms with Crippen molar-refractivity contribution in [2.45, 2.75) is 26.3 Å². The Labute approximate surface area is 121 Å². The van der Waals surface area contributed by atoms with E-state index in [1.54, 1.807) is 0 Å². The zero-order valence-corrected chi connectivity index (χ0v) is 11.8. The van der Waals surface area contributed by atoms with Gasteiger partial charge in [0.25, 0.3) is 11.8 Å². The number of carbonyl (C=O) groups is 3. The Kier molecular flexibility index (Phi) is 3.81. The Morgan fingerprint density at radius 1 is 1.25 bits per heavy atom. The van der Waals surface area contributed by atoms with E-state index < -0.39 is 23.8 Å². The maximum atomic E-state index is 12.2. The third-order valence-corrected chi connectivity index (χ3v) is 3.39. The van der Waals surface area contributed by atoms with Crippen molar-refractivity contribution in [2.24, 2.45) is 5.92 Å². The number of fused-ring (bicyclic) bond motifs is 1. The molecule has 0 fully saturated rings. The van der Waals surface area contributed by atoms with Gasteiger partial charge in [0, 0.05) is 5.02 Å². The first-order valence-electron chi connectivity index (χ1n) is 6.21. The molecule has 1 aromatic carbocycles. The van der Waals surface area contributed by atoms with Crippen LogP contribution in [0.1, 0.15) is 41.0 Å². The minimum atomic E-state index is -1.43. The van der Waals surface area contributed by atoms with Crippen LogP contribution >= 0.6 is 11.6 Å². The fourth-order valence-electron chi connectivity index (χ4n) is 2.27. The topological polar surface area (TPSA) is 77.5 Å². The first-order chi connectivity index (χ1) is 9.32. The third-order valence-electron chi connectivity index (χ3n) is 3.16. The lowest BCUT2D eigenvalue weighted by Gasteiger charge is -2.28. The molecule has 1 aliphatic rings. The Morgan fingerprint density at radius 3 is 2.40 bits per heavy atom. The molecule has 0 aliphatic carbocycles. The normalized spacial score (nSPS) is 15.7. The average Bonchev–Trinajstić information content (AvgIpc) is 2.58. The summed E-state index contributed by atoms with van der Waals surface area (Å²) in [6.45, 7) is 3.62. The Balaban J connectivity index is 2.42. The molecule has 0 N–H and O–H groups in total. The van der Waals surface area contributed by atoms with Crippen LogP contribution in [-0.4, -0.2) is 28.7 Å². The molecule has 20 heavy (non-hydrogen) atoms. The van der Waals surface area contributed by atoms with E-state index >= 15 is 0 Å². The maximum Gasteiger partial charge on any atom is 0.262 e. The highest BCUT2D eigenvalue weighted by atomic mass is 35.5. The van der Waals surface area contributed by atoms with Gasteiger partial charge in [0.2, 0.25) is 0 Å². The molecule has 0 unspecified atom stereocenters. The van der Waals surface area contributed by atoms with Gasteiger partial charge in [-0.05, 0) is 30.5 Å². The molecule has 1 atom stereocenters. The van der Waals surface area contributed by atoms with Gasteiger partial charge in [0.05, 0.1) is 23.1 Å². The minimum Gasteiger partial charge on any atom is -0.548 e. The highest BCUT2D eigenvalue weighted by molar-refractivity contribution is 6.32. The molecular formula is C14H13ClNO4-. The Hall–Kier alpha value is -1.88. The van der Waals surface area contributed by atoms with Gasteiger partial charge in [-0.2, -0.15) is 0 Å². The quantitative estimate of drug-likeness (QED) is 0.779. The van der Waals surface area contributed by atoms with Crippen molar-refractivity contribution in [3.05, 3.63) is 34.3 Å². The number of aliphatic carboxylic acids is 1. The molecule has 6 heteroatoms. The first kappa shape index (κ1) is 14.5. The third kappa shape index (κ3) is 2.41. The maximum absolute atomic E-state index is 12.2. The summed E-state index contributed by atoms with van der Waals surface area (Å²) in [5, 5.41) is 11.6. The second-order valence-corrected chi connectivity index (χ2v) is 5.57. The van der Waals surface area contributed by atoms with Crippen molar-refractivity contribution >= 4 is 29.4 Å². The summed E-state index contributed by atoms with van der Waals surface area (Å²) >= 11 is 5.80. The number of imide groups is 1. The highest BCUT2D eigenvalue weighted by Crippen LogP contribution is 2.28. The number of carboxylic acids is 1. The van der Waals surface area contributed by atoms with Gasteiger partial charge in [-0.1, -0.05) is 25.4 Å². The van der Waals surface area contributed by atoms with Crippen LogP contribution in [0.15, 0.2) is 18.2 Å². The Bertz CT molecular complexity index is 597. The summed E-state index contributed by atoms with van der Waals surface area (Å²) in [6, 6.07) is 3.03. The predicted molar refractivity (Wildman–Crippen MR) is 70.2 cm³/mol. The lowest BCUT2D eigenvalue weighted by Crippen LogP contribution is -2.51. The number of hydrogen-bond donors (Lipinski definition) is 0. The van der Waals surface area contributed by atoms with Crippen LogP contribution in [0.4, 0.5) is 0 Å². The van der Waals surface area contributed by atoms with E-state index in [1.165, 1.54) is 18.2 Å². The number of nitrogens with zero attached hydrogens (tertiary/aromatic N) is 1. The summed E-state index contributed by atoms with van der Waals surface area (Å²) in [7, 11) is 0. The molecule has 1 heterocycles. The van der Waals surface area contributed by atoms with Crippen molar-refractivity contribution in [3.8, 4) is 0 Å². The minimum absolute atomic E-state index is 0.00537. The van der Waals surface area contributed by atoms with E-state index in [9.17, 15) is 19.5 Å². The van der Waals surface area contributed by atoms with Crippen molar-refractivity contribution in [1.29, 1.82) is 0 Å².